The minimum absolute atomic E-state index is 0.309. The van der Waals surface area contributed by atoms with E-state index in [1.165, 1.54) is 13.2 Å². The molecule has 0 bridgehead atoms. The number of fused-ring (bicyclic) bond motifs is 1. The van der Waals surface area contributed by atoms with Crippen LogP contribution >= 0.6 is 0 Å². The van der Waals surface area contributed by atoms with Gasteiger partial charge >= 0.3 is 5.63 Å². The fourth-order valence-corrected chi connectivity index (χ4v) is 1.39. The number of methoxy groups -OCH3 is 1. The Morgan fingerprint density at radius 3 is 2.80 bits per heavy atom. The molecular weight excluding hydrogens is 194 g/mol. The predicted molar refractivity (Wildman–Crippen MR) is 53.8 cm³/mol. The smallest absolute Gasteiger partial charge is 0.336 e. The Bertz CT molecular complexity index is 607. The summed E-state index contributed by atoms with van der Waals surface area (Å²) in [6.07, 6.45) is 0. The second kappa shape index (κ2) is 3.46. The molecule has 4 nitrogen and oxygen atoms in total. The lowest BCUT2D eigenvalue weighted by atomic mass is 10.1. The predicted octanol–water partition coefficient (Wildman–Crippen LogP) is 1.67. The van der Waals surface area contributed by atoms with Gasteiger partial charge in [0.25, 0.3) is 0 Å². The van der Waals surface area contributed by atoms with Crippen molar-refractivity contribution in [1.82, 2.24) is 0 Å². The number of nitrogens with zero attached hydrogens (tertiary/aromatic N) is 1. The van der Waals surface area contributed by atoms with Gasteiger partial charge in [-0.3, -0.25) is 0 Å². The average Bonchev–Trinajstić information content (AvgIpc) is 2.27. The third-order valence-corrected chi connectivity index (χ3v) is 2.09. The van der Waals surface area contributed by atoms with Crippen LogP contribution in [0.3, 0.4) is 0 Å². The van der Waals surface area contributed by atoms with Crippen molar-refractivity contribution < 1.29 is 9.15 Å². The fraction of sp³-hybridized carbons (Fsp3) is 0.0909. The monoisotopic (exact) mass is 201 g/mol. The van der Waals surface area contributed by atoms with E-state index in [4.69, 9.17) is 14.4 Å². The first kappa shape index (κ1) is 9.28. The van der Waals surface area contributed by atoms with Gasteiger partial charge in [0, 0.05) is 11.5 Å². The van der Waals surface area contributed by atoms with Gasteiger partial charge in [0.1, 0.15) is 0 Å². The van der Waals surface area contributed by atoms with Crippen molar-refractivity contribution in [3.63, 3.8) is 0 Å². The molecule has 2 aromatic rings. The van der Waals surface area contributed by atoms with Crippen LogP contribution in [0.5, 0.6) is 5.75 Å². The summed E-state index contributed by atoms with van der Waals surface area (Å²) >= 11 is 0. The molecule has 0 aliphatic heterocycles. The van der Waals surface area contributed by atoms with Gasteiger partial charge in [0.2, 0.25) is 0 Å². The highest BCUT2D eigenvalue weighted by atomic mass is 16.5. The zero-order valence-electron chi connectivity index (χ0n) is 7.98. The van der Waals surface area contributed by atoms with Crippen molar-refractivity contribution in [3.05, 3.63) is 40.2 Å². The first-order chi connectivity index (χ1) is 7.26. The quantitative estimate of drug-likeness (QED) is 0.658. The fourth-order valence-electron chi connectivity index (χ4n) is 1.39. The number of hydrogen-bond acceptors (Lipinski definition) is 4. The minimum atomic E-state index is -0.462. The molecule has 1 aromatic heterocycles. The zero-order chi connectivity index (χ0) is 10.8. The summed E-state index contributed by atoms with van der Waals surface area (Å²) in [6, 6.07) is 8.09. The van der Waals surface area contributed by atoms with Gasteiger partial charge in [0.05, 0.1) is 18.7 Å². The molecule has 1 heterocycles. The first-order valence-electron chi connectivity index (χ1n) is 4.27. The van der Waals surface area contributed by atoms with Crippen LogP contribution in [0, 0.1) is 11.3 Å². The molecule has 0 aliphatic carbocycles. The van der Waals surface area contributed by atoms with Crippen LogP contribution in [0.15, 0.2) is 33.5 Å². The van der Waals surface area contributed by atoms with Crippen molar-refractivity contribution in [3.8, 4) is 11.8 Å². The summed E-state index contributed by atoms with van der Waals surface area (Å²) in [5.41, 5.74) is 0.300. The molecule has 0 fully saturated rings. The van der Waals surface area contributed by atoms with E-state index >= 15 is 0 Å². The van der Waals surface area contributed by atoms with Crippen LogP contribution in [-0.2, 0) is 0 Å². The van der Waals surface area contributed by atoms with Crippen molar-refractivity contribution >= 4 is 11.0 Å². The maximum Gasteiger partial charge on any atom is 0.336 e. The molecule has 0 N–H and O–H groups in total. The van der Waals surface area contributed by atoms with Gasteiger partial charge in [-0.25, -0.2) is 4.79 Å². The van der Waals surface area contributed by atoms with Crippen molar-refractivity contribution in [1.29, 1.82) is 5.26 Å². The Balaban J connectivity index is 2.94. The van der Waals surface area contributed by atoms with Gasteiger partial charge in [-0.2, -0.15) is 5.26 Å². The summed E-state index contributed by atoms with van der Waals surface area (Å²) in [5.74, 6) is 0.446. The second-order valence-electron chi connectivity index (χ2n) is 2.92. The van der Waals surface area contributed by atoms with Crippen LogP contribution in [0.1, 0.15) is 5.56 Å². The van der Waals surface area contributed by atoms with E-state index in [9.17, 15) is 4.79 Å². The summed E-state index contributed by atoms with van der Waals surface area (Å²) in [6.45, 7) is 0. The molecule has 4 heteroatoms. The van der Waals surface area contributed by atoms with Crippen molar-refractivity contribution in [2.45, 2.75) is 0 Å². The molecule has 0 atom stereocenters. The van der Waals surface area contributed by atoms with E-state index in [0.717, 1.165) is 0 Å². The Hall–Kier alpha value is -2.28. The lowest BCUT2D eigenvalue weighted by molar-refractivity contribution is 0.406. The minimum Gasteiger partial charge on any atom is -0.493 e. The molecule has 74 valence electrons. The molecule has 0 spiro atoms. The maximum absolute atomic E-state index is 11.0. The first-order valence-corrected chi connectivity index (χ1v) is 4.27. The zero-order valence-corrected chi connectivity index (χ0v) is 7.98. The van der Waals surface area contributed by atoms with E-state index in [0.29, 0.717) is 22.3 Å². The molecule has 0 radical (unpaired) electrons. The van der Waals surface area contributed by atoms with Crippen molar-refractivity contribution in [2.75, 3.05) is 7.11 Å². The average molecular weight is 201 g/mol. The van der Waals surface area contributed by atoms with Crippen LogP contribution in [0.25, 0.3) is 11.0 Å². The molecule has 0 saturated carbocycles. The lowest BCUT2D eigenvalue weighted by Gasteiger charge is -2.03. The molecule has 0 saturated heterocycles. The molecule has 1 aromatic carbocycles. The summed E-state index contributed by atoms with van der Waals surface area (Å²) in [4.78, 5) is 11.0. The van der Waals surface area contributed by atoms with Gasteiger partial charge in [-0.15, -0.1) is 0 Å². The Morgan fingerprint density at radius 1 is 1.33 bits per heavy atom. The highest BCUT2D eigenvalue weighted by Gasteiger charge is 2.08. The van der Waals surface area contributed by atoms with Gasteiger partial charge in [0.15, 0.2) is 11.3 Å². The van der Waals surface area contributed by atoms with Crippen LogP contribution in [-0.4, -0.2) is 7.11 Å². The lowest BCUT2D eigenvalue weighted by Crippen LogP contribution is -1.97. The maximum atomic E-state index is 11.0. The van der Waals surface area contributed by atoms with E-state index in [-0.39, 0.29) is 0 Å². The van der Waals surface area contributed by atoms with E-state index in [2.05, 4.69) is 0 Å². The Kier molecular flexibility index (Phi) is 2.14. The third-order valence-electron chi connectivity index (χ3n) is 2.09. The Morgan fingerprint density at radius 2 is 2.13 bits per heavy atom. The van der Waals surface area contributed by atoms with Gasteiger partial charge in [-0.1, -0.05) is 0 Å². The standard InChI is InChI=1S/C11H7NO3/c1-14-9-4-2-7(6-12)8-3-5-10(13)15-11(8)9/h2-5H,1H3. The molecule has 2 rings (SSSR count). The Labute approximate surface area is 85.3 Å². The van der Waals surface area contributed by atoms with Gasteiger partial charge in [-0.05, 0) is 18.2 Å². The summed E-state index contributed by atoms with van der Waals surface area (Å²) < 4.78 is 10.0. The van der Waals surface area contributed by atoms with Crippen LogP contribution < -0.4 is 10.4 Å². The topological polar surface area (TPSA) is 63.2 Å². The van der Waals surface area contributed by atoms with Crippen LogP contribution in [0.4, 0.5) is 0 Å². The molecule has 15 heavy (non-hydrogen) atoms. The SMILES string of the molecule is COc1ccc(C#N)c2ccc(=O)oc12. The highest BCUT2D eigenvalue weighted by molar-refractivity contribution is 5.87. The van der Waals surface area contributed by atoms with Crippen molar-refractivity contribution in [2.24, 2.45) is 0 Å². The molecule has 0 aliphatic rings. The summed E-state index contributed by atoms with van der Waals surface area (Å²) in [5, 5.41) is 9.44. The van der Waals surface area contributed by atoms with E-state index in [1.807, 2.05) is 6.07 Å². The summed E-state index contributed by atoms with van der Waals surface area (Å²) in [7, 11) is 1.48. The molecule has 0 unspecified atom stereocenters. The van der Waals surface area contributed by atoms with Crippen LogP contribution in [0.2, 0.25) is 0 Å². The number of benzene rings is 1. The van der Waals surface area contributed by atoms with E-state index < -0.39 is 5.63 Å². The second-order valence-corrected chi connectivity index (χ2v) is 2.92. The van der Waals surface area contributed by atoms with Gasteiger partial charge < -0.3 is 9.15 Å². The number of hydrogen-bond donors (Lipinski definition) is 0. The number of rotatable bonds is 1. The molecular formula is C11H7NO3. The van der Waals surface area contributed by atoms with E-state index in [1.54, 1.807) is 18.2 Å². The largest absolute Gasteiger partial charge is 0.493 e. The normalized spacial score (nSPS) is 9.87. The third kappa shape index (κ3) is 1.44. The number of nitriles is 1. The highest BCUT2D eigenvalue weighted by Crippen LogP contribution is 2.26. The number of ether oxygens (including phenoxy) is 1. The molecule has 0 amide bonds.